The van der Waals surface area contributed by atoms with E-state index in [1.54, 1.807) is 0 Å². The van der Waals surface area contributed by atoms with Gasteiger partial charge in [0.2, 0.25) is 0 Å². The molecule has 4 aromatic rings. The third-order valence-corrected chi connectivity index (χ3v) is 10.4. The van der Waals surface area contributed by atoms with Crippen molar-refractivity contribution in [3.63, 3.8) is 0 Å². The van der Waals surface area contributed by atoms with Crippen LogP contribution in [-0.4, -0.2) is 32.7 Å². The van der Waals surface area contributed by atoms with Crippen LogP contribution in [0.2, 0.25) is 12.1 Å². The molecule has 0 saturated carbocycles. The summed E-state index contributed by atoms with van der Waals surface area (Å²) in [5.41, 5.74) is 5.63. The summed E-state index contributed by atoms with van der Waals surface area (Å²) in [6.45, 7) is 1.82. The van der Waals surface area contributed by atoms with Crippen molar-refractivity contribution < 1.29 is 8.85 Å². The van der Waals surface area contributed by atoms with Crippen molar-refractivity contribution in [1.29, 1.82) is 0 Å². The summed E-state index contributed by atoms with van der Waals surface area (Å²) in [7, 11) is -0.785. The fraction of sp³-hybridized carbons (Fsp3) is 0.333. The normalized spacial score (nSPS) is 11.9. The molecule has 0 aliphatic heterocycles. The van der Waals surface area contributed by atoms with Crippen LogP contribution in [0.4, 0.5) is 0 Å². The Kier molecular flexibility index (Phi) is 14.0. The van der Waals surface area contributed by atoms with Crippen molar-refractivity contribution in [1.82, 2.24) is 0 Å². The molecule has 0 fully saturated rings. The van der Waals surface area contributed by atoms with E-state index in [0.29, 0.717) is 11.8 Å². The monoisotopic (exact) mass is 566 g/mol. The second-order valence-electron chi connectivity index (χ2n) is 10.7. The summed E-state index contributed by atoms with van der Waals surface area (Å²) >= 11 is 0. The Bertz CT molecular complexity index is 983. The number of benzene rings is 4. The molecule has 0 spiro atoms. The van der Waals surface area contributed by atoms with Gasteiger partial charge < -0.3 is 8.85 Å². The molecule has 0 unspecified atom stereocenters. The predicted octanol–water partition coefficient (Wildman–Crippen LogP) is 8.03. The third-order valence-electron chi connectivity index (χ3n) is 7.70. The van der Waals surface area contributed by atoms with Gasteiger partial charge in [0.25, 0.3) is 0 Å². The molecule has 0 aromatic heterocycles. The number of rotatable bonds is 19. The van der Waals surface area contributed by atoms with Gasteiger partial charge in [-0.1, -0.05) is 134 Å². The van der Waals surface area contributed by atoms with Gasteiger partial charge >= 0.3 is 0 Å². The van der Waals surface area contributed by atoms with E-state index in [2.05, 4.69) is 121 Å². The second kappa shape index (κ2) is 18.6. The second-order valence-corrected chi connectivity index (χ2v) is 13.7. The summed E-state index contributed by atoms with van der Waals surface area (Å²) < 4.78 is 12.3. The molecule has 0 aliphatic rings. The molecule has 0 radical (unpaired) electrons. The Balaban J connectivity index is 1.02. The molecule has 4 heteroatoms. The zero-order valence-electron chi connectivity index (χ0n) is 24.0. The quantitative estimate of drug-likeness (QED) is 0.0845. The van der Waals surface area contributed by atoms with Crippen molar-refractivity contribution >= 4 is 19.5 Å². The first kappa shape index (κ1) is 30.2. The minimum atomic E-state index is -0.393. The average Bonchev–Trinajstić information content (AvgIpc) is 3.03. The molecule has 4 rings (SSSR count). The van der Waals surface area contributed by atoms with Gasteiger partial charge in [0, 0.05) is 25.0 Å². The molecule has 4 aromatic carbocycles. The van der Waals surface area contributed by atoms with Gasteiger partial charge in [0.05, 0.1) is 0 Å². The fourth-order valence-electron chi connectivity index (χ4n) is 5.54. The molecule has 0 bridgehead atoms. The van der Waals surface area contributed by atoms with Gasteiger partial charge in [-0.3, -0.25) is 0 Å². The molecular weight excluding hydrogens is 521 g/mol. The first-order chi connectivity index (χ1) is 19.9. The van der Waals surface area contributed by atoms with E-state index in [1.807, 2.05) is 0 Å². The largest absolute Gasteiger partial charge is 0.424 e. The van der Waals surface area contributed by atoms with Crippen LogP contribution in [0.5, 0.6) is 0 Å². The Morgan fingerprint density at radius 1 is 0.400 bits per heavy atom. The first-order valence-corrected chi connectivity index (χ1v) is 18.4. The third kappa shape index (κ3) is 10.7. The molecule has 0 saturated heterocycles. The van der Waals surface area contributed by atoms with Gasteiger partial charge in [-0.15, -0.1) is 0 Å². The van der Waals surface area contributed by atoms with Crippen LogP contribution in [0.25, 0.3) is 0 Å². The number of hydrogen-bond donors (Lipinski definition) is 0. The zero-order valence-corrected chi connectivity index (χ0v) is 26.8. The van der Waals surface area contributed by atoms with Gasteiger partial charge in [-0.05, 0) is 60.0 Å². The van der Waals surface area contributed by atoms with E-state index >= 15 is 0 Å². The molecular formula is C36H46O2Si2. The smallest absolute Gasteiger partial charge is 0.161 e. The minimum absolute atomic E-state index is 0.393. The highest BCUT2D eigenvalue weighted by Gasteiger charge is 2.14. The van der Waals surface area contributed by atoms with E-state index in [9.17, 15) is 0 Å². The molecule has 0 N–H and O–H groups in total. The van der Waals surface area contributed by atoms with Crippen molar-refractivity contribution in [2.75, 3.05) is 13.2 Å². The van der Waals surface area contributed by atoms with Crippen molar-refractivity contribution in [2.45, 2.75) is 62.4 Å². The van der Waals surface area contributed by atoms with Crippen molar-refractivity contribution in [2.24, 2.45) is 0 Å². The highest BCUT2D eigenvalue weighted by Crippen LogP contribution is 2.30. The minimum Gasteiger partial charge on any atom is -0.424 e. The van der Waals surface area contributed by atoms with Gasteiger partial charge in [0.1, 0.15) is 0 Å². The summed E-state index contributed by atoms with van der Waals surface area (Å²) in [4.78, 5) is 0. The Morgan fingerprint density at radius 3 is 1.00 bits per heavy atom. The molecule has 0 atom stereocenters. The van der Waals surface area contributed by atoms with E-state index in [1.165, 1.54) is 47.2 Å². The summed E-state index contributed by atoms with van der Waals surface area (Å²) in [5.74, 6) is 0.917. The van der Waals surface area contributed by atoms with Crippen LogP contribution >= 0.6 is 0 Å². The van der Waals surface area contributed by atoms with Crippen LogP contribution in [0.3, 0.4) is 0 Å². The van der Waals surface area contributed by atoms with Crippen LogP contribution in [0, 0.1) is 0 Å². The molecule has 210 valence electrons. The number of hydrogen-bond acceptors (Lipinski definition) is 2. The van der Waals surface area contributed by atoms with E-state index in [0.717, 1.165) is 38.9 Å². The summed E-state index contributed by atoms with van der Waals surface area (Å²) in [5, 5.41) is 0. The predicted molar refractivity (Wildman–Crippen MR) is 176 cm³/mol. The molecule has 0 heterocycles. The first-order valence-electron chi connectivity index (χ1n) is 15.3. The summed E-state index contributed by atoms with van der Waals surface area (Å²) in [6.07, 6.45) is 7.15. The maximum Gasteiger partial charge on any atom is 0.161 e. The molecule has 0 aliphatic carbocycles. The summed E-state index contributed by atoms with van der Waals surface area (Å²) in [6, 6.07) is 46.2. The van der Waals surface area contributed by atoms with E-state index in [4.69, 9.17) is 8.85 Å². The Hall–Kier alpha value is -2.77. The lowest BCUT2D eigenvalue weighted by Gasteiger charge is -2.18. The van der Waals surface area contributed by atoms with Crippen molar-refractivity contribution in [3.05, 3.63) is 144 Å². The van der Waals surface area contributed by atoms with Crippen molar-refractivity contribution in [3.8, 4) is 0 Å². The van der Waals surface area contributed by atoms with Crippen LogP contribution in [0.1, 0.15) is 72.6 Å². The topological polar surface area (TPSA) is 18.5 Å². The van der Waals surface area contributed by atoms with Gasteiger partial charge in [-0.25, -0.2) is 0 Å². The van der Waals surface area contributed by atoms with E-state index in [-0.39, 0.29) is 0 Å². The van der Waals surface area contributed by atoms with Crippen LogP contribution in [-0.2, 0) is 8.85 Å². The van der Waals surface area contributed by atoms with E-state index < -0.39 is 19.5 Å². The van der Waals surface area contributed by atoms with Gasteiger partial charge in [0.15, 0.2) is 19.5 Å². The van der Waals surface area contributed by atoms with Gasteiger partial charge in [-0.2, -0.15) is 0 Å². The number of unbranched alkanes of at least 4 members (excludes halogenated alkanes) is 1. The fourth-order valence-corrected chi connectivity index (χ4v) is 7.88. The Labute approximate surface area is 247 Å². The lowest BCUT2D eigenvalue weighted by atomic mass is 9.88. The lowest BCUT2D eigenvalue weighted by molar-refractivity contribution is 0.316. The average molecular weight is 567 g/mol. The van der Waals surface area contributed by atoms with Crippen LogP contribution in [0.15, 0.2) is 121 Å². The zero-order chi connectivity index (χ0) is 27.5. The maximum atomic E-state index is 6.13. The standard InChI is InChI=1S/C36H46O2Si2/c1-5-17-31(18-6-1)35(32-19-7-2-8-20-32)25-15-27-37-39-29-13-14-30-40-38-28-16-26-36(33-21-9-3-10-22-33)34-23-11-4-12-24-34/h1-12,17-24,35-36H,13-16,25-30,39-40H2. The Morgan fingerprint density at radius 2 is 0.700 bits per heavy atom. The SMILES string of the molecule is c1ccc(C(CCCO[SiH2]CCCC[SiH2]OCCCC(c2ccccc2)c2ccccc2)c2ccccc2)cc1. The highest BCUT2D eigenvalue weighted by molar-refractivity contribution is 6.27. The van der Waals surface area contributed by atoms with Crippen LogP contribution < -0.4 is 0 Å². The molecule has 2 nitrogen and oxygen atoms in total. The maximum absolute atomic E-state index is 6.13. The molecule has 0 amide bonds. The highest BCUT2D eigenvalue weighted by atomic mass is 28.2. The molecule has 40 heavy (non-hydrogen) atoms. The lowest BCUT2D eigenvalue weighted by Crippen LogP contribution is -2.06.